The van der Waals surface area contributed by atoms with Crippen LogP contribution in [0.3, 0.4) is 0 Å². The van der Waals surface area contributed by atoms with Crippen molar-refractivity contribution in [3.05, 3.63) is 98.0 Å². The van der Waals surface area contributed by atoms with E-state index in [4.69, 9.17) is 28.8 Å². The first-order valence-corrected chi connectivity index (χ1v) is 14.9. The molecule has 13 nitrogen and oxygen atoms in total. The van der Waals surface area contributed by atoms with Crippen LogP contribution in [0.25, 0.3) is 0 Å². The Bertz CT molecular complexity index is 1180. The van der Waals surface area contributed by atoms with Crippen LogP contribution in [0.1, 0.15) is 25.7 Å². The number of nitrogens with zero attached hydrogens (tertiary/aromatic N) is 2. The van der Waals surface area contributed by atoms with Crippen LogP contribution in [0.4, 0.5) is 28.4 Å². The van der Waals surface area contributed by atoms with E-state index in [1.807, 2.05) is 24.3 Å². The average molecular weight is 778 g/mol. The minimum absolute atomic E-state index is 0. The van der Waals surface area contributed by atoms with E-state index in [0.29, 0.717) is 11.6 Å². The first kappa shape index (κ1) is 52.0. The molecule has 18 heteroatoms. The maximum Gasteiger partial charge on any atom is 0.269 e. The van der Waals surface area contributed by atoms with Crippen molar-refractivity contribution in [2.24, 2.45) is 11.5 Å². The molecule has 0 saturated heterocycles. The Kier molecular flexibility index (Phi) is 36.8. The zero-order valence-electron chi connectivity index (χ0n) is 26.7. The smallest absolute Gasteiger partial charge is 0.269 e. The third kappa shape index (κ3) is 27.1. The summed E-state index contributed by atoms with van der Waals surface area (Å²) in [6, 6.07) is 20.0. The van der Waals surface area contributed by atoms with Crippen molar-refractivity contribution in [1.29, 1.82) is 0 Å². The summed E-state index contributed by atoms with van der Waals surface area (Å²) in [6.45, 7) is 7.23. The molecule has 0 amide bonds. The van der Waals surface area contributed by atoms with Gasteiger partial charge in [-0.3, -0.25) is 20.2 Å². The first-order chi connectivity index (χ1) is 21.3. The average Bonchev–Trinajstić information content (AvgIpc) is 3.02. The van der Waals surface area contributed by atoms with Gasteiger partial charge in [-0.05, 0) is 113 Å². The van der Waals surface area contributed by atoms with Gasteiger partial charge in [-0.25, -0.2) is 0 Å². The largest absolute Gasteiger partial charge is 0.399 e. The molecule has 0 saturated carbocycles. The summed E-state index contributed by atoms with van der Waals surface area (Å²) in [5.74, 6) is 0. The molecule has 0 aliphatic carbocycles. The van der Waals surface area contributed by atoms with Gasteiger partial charge in [0.1, 0.15) is 0 Å². The fourth-order valence-corrected chi connectivity index (χ4v) is 3.59. The molecule has 0 aromatic heterocycles. The minimum Gasteiger partial charge on any atom is -0.399 e. The molecule has 0 aliphatic heterocycles. The van der Waals surface area contributed by atoms with Crippen LogP contribution in [-0.2, 0) is 0 Å². The van der Waals surface area contributed by atoms with Gasteiger partial charge in [0.2, 0.25) is 0 Å². The summed E-state index contributed by atoms with van der Waals surface area (Å²) >= 11 is 5.49. The summed E-state index contributed by atoms with van der Waals surface area (Å²) < 4.78 is 0. The lowest BCUT2D eigenvalue weighted by Gasteiger charge is -2.07. The lowest BCUT2D eigenvalue weighted by molar-refractivity contribution is -0.385. The highest BCUT2D eigenvalue weighted by Gasteiger charge is 2.03. The standard InChI is InChI=1S/C12H20N4O2.C12H22N4.C6H4ClNO2.4ClH/c13-7-1-8-14-9-2-10-15-11-3-5-12(6-4-11)16(17)18;13-7-1-8-15-9-2-10-16-12-5-3-11(14)4-6-12;7-5-1-3-6(4-2-5)8(9)10;;;;/h3-6,14-15H,1-2,7-10,13H2;3-6,15-16H,1-2,7-10,13-14H2;1-4H;4*1H. The summed E-state index contributed by atoms with van der Waals surface area (Å²) in [6.07, 6.45) is 4.15. The van der Waals surface area contributed by atoms with Crippen LogP contribution in [0.5, 0.6) is 0 Å². The molecule has 0 fully saturated rings. The zero-order chi connectivity index (χ0) is 32.4. The van der Waals surface area contributed by atoms with E-state index in [1.54, 1.807) is 12.1 Å². The molecule has 0 aliphatic rings. The minimum atomic E-state index is -0.462. The summed E-state index contributed by atoms with van der Waals surface area (Å²) in [5.41, 5.74) is 19.4. The number of hydrogen-bond acceptors (Lipinski definition) is 11. The summed E-state index contributed by atoms with van der Waals surface area (Å²) in [5, 5.41) is 34.2. The van der Waals surface area contributed by atoms with Crippen LogP contribution in [0, 0.1) is 20.2 Å². The van der Waals surface area contributed by atoms with E-state index in [0.717, 1.165) is 88.6 Å². The molecule has 0 bridgehead atoms. The van der Waals surface area contributed by atoms with Crippen LogP contribution < -0.4 is 38.5 Å². The van der Waals surface area contributed by atoms with Crippen molar-refractivity contribution in [3.8, 4) is 0 Å². The molecule has 0 unspecified atom stereocenters. The molecular weight excluding hydrogens is 728 g/mol. The quantitative estimate of drug-likeness (QED) is 0.0331. The highest BCUT2D eigenvalue weighted by molar-refractivity contribution is 6.30. The van der Waals surface area contributed by atoms with E-state index in [2.05, 4.69) is 21.3 Å². The van der Waals surface area contributed by atoms with Crippen LogP contribution in [-0.4, -0.2) is 62.2 Å². The Labute approximate surface area is 312 Å². The lowest BCUT2D eigenvalue weighted by atomic mass is 10.3. The fourth-order valence-electron chi connectivity index (χ4n) is 3.46. The highest BCUT2D eigenvalue weighted by Crippen LogP contribution is 2.16. The molecule has 48 heavy (non-hydrogen) atoms. The summed E-state index contributed by atoms with van der Waals surface area (Å²) in [7, 11) is 0. The van der Waals surface area contributed by atoms with Gasteiger partial charge < -0.3 is 38.5 Å². The number of halogens is 5. The SMILES string of the molecule is Cl.Cl.Cl.Cl.NCCCNCCCNc1ccc(N)cc1.NCCCNCCCNc1ccc([N+](=O)[O-])cc1.O=[N+]([O-])c1ccc(Cl)cc1. The lowest BCUT2D eigenvalue weighted by Crippen LogP contribution is -2.21. The van der Waals surface area contributed by atoms with Gasteiger partial charge in [-0.1, -0.05) is 11.6 Å². The van der Waals surface area contributed by atoms with Gasteiger partial charge >= 0.3 is 0 Å². The molecule has 3 aromatic rings. The number of nitrogens with one attached hydrogen (secondary N) is 4. The second-order valence-corrected chi connectivity index (χ2v) is 9.94. The Morgan fingerprint density at radius 3 is 1.23 bits per heavy atom. The third-order valence-corrected chi connectivity index (χ3v) is 6.11. The van der Waals surface area contributed by atoms with Crippen molar-refractivity contribution in [1.82, 2.24) is 10.6 Å². The van der Waals surface area contributed by atoms with Gasteiger partial charge in [0, 0.05) is 59.4 Å². The van der Waals surface area contributed by atoms with Crippen LogP contribution >= 0.6 is 61.2 Å². The predicted molar refractivity (Wildman–Crippen MR) is 210 cm³/mol. The number of nitro benzene ring substituents is 2. The van der Waals surface area contributed by atoms with Crippen LogP contribution in [0.2, 0.25) is 5.02 Å². The Balaban J connectivity index is -0.000000300. The van der Waals surface area contributed by atoms with Gasteiger partial charge in [0.25, 0.3) is 11.4 Å². The molecule has 10 N–H and O–H groups in total. The second kappa shape index (κ2) is 34.0. The molecule has 0 spiro atoms. The normalized spacial score (nSPS) is 9.23. The third-order valence-electron chi connectivity index (χ3n) is 5.86. The molecule has 0 heterocycles. The van der Waals surface area contributed by atoms with Crippen molar-refractivity contribution >= 4 is 89.7 Å². The Morgan fingerprint density at radius 1 is 0.542 bits per heavy atom. The maximum atomic E-state index is 10.5. The number of nitro groups is 2. The van der Waals surface area contributed by atoms with Gasteiger partial charge in [-0.2, -0.15) is 0 Å². The monoisotopic (exact) mass is 775 g/mol. The highest BCUT2D eigenvalue weighted by atomic mass is 35.5. The van der Waals surface area contributed by atoms with Gasteiger partial charge in [0.05, 0.1) is 9.85 Å². The Hall–Kier alpha value is -2.85. The first-order valence-electron chi connectivity index (χ1n) is 14.6. The maximum absolute atomic E-state index is 10.5. The van der Waals surface area contributed by atoms with Gasteiger partial charge in [-0.15, -0.1) is 49.6 Å². The molecule has 0 radical (unpaired) electrons. The zero-order valence-corrected chi connectivity index (χ0v) is 30.7. The van der Waals surface area contributed by atoms with E-state index in [-0.39, 0.29) is 61.0 Å². The number of benzene rings is 3. The molecule has 274 valence electrons. The van der Waals surface area contributed by atoms with Gasteiger partial charge in [0.15, 0.2) is 0 Å². The number of non-ortho nitro benzene ring substituents is 2. The number of nitrogen functional groups attached to an aromatic ring is 1. The van der Waals surface area contributed by atoms with Crippen molar-refractivity contribution < 1.29 is 9.85 Å². The molecule has 3 rings (SSSR count). The van der Waals surface area contributed by atoms with E-state index in [1.165, 1.54) is 36.4 Å². The number of hydrogen-bond donors (Lipinski definition) is 7. The van der Waals surface area contributed by atoms with E-state index < -0.39 is 9.85 Å². The molecular formula is C30H50Cl5N9O4. The van der Waals surface area contributed by atoms with Crippen molar-refractivity contribution in [2.45, 2.75) is 25.7 Å². The van der Waals surface area contributed by atoms with E-state index >= 15 is 0 Å². The topological polar surface area (TPSA) is 212 Å². The predicted octanol–water partition coefficient (Wildman–Crippen LogP) is 6.28. The number of rotatable bonds is 18. The van der Waals surface area contributed by atoms with Crippen molar-refractivity contribution in [3.63, 3.8) is 0 Å². The van der Waals surface area contributed by atoms with Crippen molar-refractivity contribution in [2.75, 3.05) is 68.7 Å². The summed E-state index contributed by atoms with van der Waals surface area (Å²) in [4.78, 5) is 19.7. The molecule has 3 aromatic carbocycles. The van der Waals surface area contributed by atoms with Crippen LogP contribution in [0.15, 0.2) is 72.8 Å². The second-order valence-electron chi connectivity index (χ2n) is 9.50. The number of anilines is 3. The number of nitrogens with two attached hydrogens (primary N) is 3. The molecule has 0 atom stereocenters. The van der Waals surface area contributed by atoms with E-state index in [9.17, 15) is 20.2 Å². The Morgan fingerprint density at radius 2 is 0.875 bits per heavy atom. The fraction of sp³-hybridized carbons (Fsp3) is 0.400.